The highest BCUT2D eigenvalue weighted by atomic mass is 32.2. The van der Waals surface area contributed by atoms with E-state index in [0.29, 0.717) is 18.3 Å². The fourth-order valence-corrected chi connectivity index (χ4v) is 3.55. The number of thioether (sulfide) groups is 1. The van der Waals surface area contributed by atoms with E-state index in [2.05, 4.69) is 15.6 Å². The minimum atomic E-state index is -0.462. The molecule has 2 N–H and O–H groups in total. The van der Waals surface area contributed by atoms with Crippen molar-refractivity contribution < 1.29 is 14.3 Å². The Labute approximate surface area is 150 Å². The molecule has 1 fully saturated rings. The minimum Gasteiger partial charge on any atom is -0.383 e. The summed E-state index contributed by atoms with van der Waals surface area (Å²) in [7, 11) is 1.60. The molecular formula is C18H19N3O3S. The number of fused-ring (bicyclic) bond motifs is 1. The topological polar surface area (TPSA) is 79.8 Å². The van der Waals surface area contributed by atoms with Gasteiger partial charge in [0, 0.05) is 24.6 Å². The number of benzene rings is 2. The smallest absolute Gasteiger partial charge is 0.240 e. The summed E-state index contributed by atoms with van der Waals surface area (Å²) < 4.78 is 4.93. The quantitative estimate of drug-likeness (QED) is 0.778. The summed E-state index contributed by atoms with van der Waals surface area (Å²) in [5.74, 6) is -0.378. The Morgan fingerprint density at radius 3 is 2.92 bits per heavy atom. The molecule has 2 aromatic carbocycles. The van der Waals surface area contributed by atoms with Gasteiger partial charge >= 0.3 is 0 Å². The number of carbonyl (C=O) groups is 2. The van der Waals surface area contributed by atoms with Crippen molar-refractivity contribution in [1.82, 2.24) is 5.32 Å². The first kappa shape index (κ1) is 17.4. The molecule has 1 unspecified atom stereocenters. The largest absolute Gasteiger partial charge is 0.383 e. The van der Waals surface area contributed by atoms with Gasteiger partial charge in [-0.2, -0.15) is 0 Å². The highest BCUT2D eigenvalue weighted by Gasteiger charge is 2.32. The van der Waals surface area contributed by atoms with E-state index in [9.17, 15) is 9.59 Å². The molecule has 7 heteroatoms. The van der Waals surface area contributed by atoms with Crippen LogP contribution in [0.25, 0.3) is 10.8 Å². The van der Waals surface area contributed by atoms with Gasteiger partial charge in [0.2, 0.25) is 11.8 Å². The molecule has 6 nitrogen and oxygen atoms in total. The molecule has 0 spiro atoms. The lowest BCUT2D eigenvalue weighted by Crippen LogP contribution is -2.28. The first-order valence-electron chi connectivity index (χ1n) is 7.96. The average molecular weight is 357 g/mol. The Bertz CT molecular complexity index is 817. The number of ether oxygens (including phenoxy) is 1. The maximum Gasteiger partial charge on any atom is 0.240 e. The predicted molar refractivity (Wildman–Crippen MR) is 101 cm³/mol. The SMILES string of the molecule is COCCN=C1NC(=O)C(CC(=O)Nc2cccc3ccccc23)S1. The van der Waals surface area contributed by atoms with Crippen LogP contribution in [0.4, 0.5) is 5.69 Å². The van der Waals surface area contributed by atoms with Crippen LogP contribution < -0.4 is 10.6 Å². The van der Waals surface area contributed by atoms with Gasteiger partial charge in [0.25, 0.3) is 0 Å². The van der Waals surface area contributed by atoms with Crippen molar-refractivity contribution in [2.75, 3.05) is 25.6 Å². The highest BCUT2D eigenvalue weighted by Crippen LogP contribution is 2.25. The van der Waals surface area contributed by atoms with Crippen LogP contribution in [-0.4, -0.2) is 42.5 Å². The van der Waals surface area contributed by atoms with Gasteiger partial charge in [0.1, 0.15) is 5.25 Å². The highest BCUT2D eigenvalue weighted by molar-refractivity contribution is 8.15. The summed E-state index contributed by atoms with van der Waals surface area (Å²) in [4.78, 5) is 28.6. The lowest BCUT2D eigenvalue weighted by molar-refractivity contribution is -0.122. The van der Waals surface area contributed by atoms with Crippen LogP contribution in [-0.2, 0) is 14.3 Å². The minimum absolute atomic E-state index is 0.100. The first-order chi connectivity index (χ1) is 12.2. The normalized spacial score (nSPS) is 18.5. The zero-order chi connectivity index (χ0) is 17.6. The molecule has 0 aliphatic carbocycles. The van der Waals surface area contributed by atoms with Gasteiger partial charge in [-0.3, -0.25) is 14.6 Å². The van der Waals surface area contributed by atoms with E-state index < -0.39 is 5.25 Å². The lowest BCUT2D eigenvalue weighted by atomic mass is 10.1. The number of hydrogen-bond acceptors (Lipinski definition) is 5. The second-order valence-electron chi connectivity index (χ2n) is 5.55. The molecule has 0 radical (unpaired) electrons. The Hall–Kier alpha value is -2.38. The van der Waals surface area contributed by atoms with Crippen molar-refractivity contribution in [2.24, 2.45) is 4.99 Å². The summed E-state index contributed by atoms with van der Waals surface area (Å²) in [5, 5.41) is 7.72. The fraction of sp³-hybridized carbons (Fsp3) is 0.278. The molecule has 130 valence electrons. The summed E-state index contributed by atoms with van der Waals surface area (Å²) in [6.45, 7) is 0.972. The number of amidine groups is 1. The third-order valence-corrected chi connectivity index (χ3v) is 4.88. The Kier molecular flexibility index (Phi) is 5.67. The molecular weight excluding hydrogens is 338 g/mol. The number of amides is 2. The van der Waals surface area contributed by atoms with Crippen LogP contribution in [0.1, 0.15) is 6.42 Å². The molecule has 25 heavy (non-hydrogen) atoms. The second kappa shape index (κ2) is 8.13. The Morgan fingerprint density at radius 1 is 1.28 bits per heavy atom. The van der Waals surface area contributed by atoms with Crippen molar-refractivity contribution in [3.63, 3.8) is 0 Å². The standard InChI is InChI=1S/C18H19N3O3S/c1-24-10-9-19-18-21-17(23)15(25-18)11-16(22)20-14-8-4-6-12-5-2-3-7-13(12)14/h2-8,15H,9-11H2,1H3,(H,20,22)(H,19,21,23). The number of aliphatic imine (C=N–C) groups is 1. The Balaban J connectivity index is 1.63. The van der Waals surface area contributed by atoms with Gasteiger partial charge in [-0.1, -0.05) is 48.2 Å². The molecule has 1 heterocycles. The summed E-state index contributed by atoms with van der Waals surface area (Å²) in [6.07, 6.45) is 0.100. The monoisotopic (exact) mass is 357 g/mol. The number of nitrogens with zero attached hydrogens (tertiary/aromatic N) is 1. The van der Waals surface area contributed by atoms with E-state index in [0.717, 1.165) is 16.5 Å². The summed E-state index contributed by atoms with van der Waals surface area (Å²) >= 11 is 1.28. The Morgan fingerprint density at radius 2 is 2.08 bits per heavy atom. The summed E-state index contributed by atoms with van der Waals surface area (Å²) in [6, 6.07) is 13.6. The average Bonchev–Trinajstić information content (AvgIpc) is 2.95. The van der Waals surface area contributed by atoms with Gasteiger partial charge in [-0.05, 0) is 11.5 Å². The van der Waals surface area contributed by atoms with E-state index >= 15 is 0 Å². The zero-order valence-corrected chi connectivity index (χ0v) is 14.6. The number of hydrogen-bond donors (Lipinski definition) is 2. The molecule has 2 amide bonds. The van der Waals surface area contributed by atoms with Crippen molar-refractivity contribution in [3.8, 4) is 0 Å². The molecule has 0 saturated carbocycles. The maximum absolute atomic E-state index is 12.4. The van der Waals surface area contributed by atoms with Crippen molar-refractivity contribution in [3.05, 3.63) is 42.5 Å². The van der Waals surface area contributed by atoms with Crippen LogP contribution in [0.2, 0.25) is 0 Å². The van der Waals surface area contributed by atoms with Crippen LogP contribution >= 0.6 is 11.8 Å². The molecule has 2 aromatic rings. The number of carbonyl (C=O) groups excluding carboxylic acids is 2. The fourth-order valence-electron chi connectivity index (χ4n) is 2.56. The number of nitrogens with one attached hydrogen (secondary N) is 2. The van der Waals surface area contributed by atoms with Crippen molar-refractivity contribution in [2.45, 2.75) is 11.7 Å². The van der Waals surface area contributed by atoms with Crippen LogP contribution in [0.15, 0.2) is 47.5 Å². The van der Waals surface area contributed by atoms with E-state index in [1.807, 2.05) is 42.5 Å². The lowest BCUT2D eigenvalue weighted by Gasteiger charge is -2.10. The number of anilines is 1. The molecule has 1 atom stereocenters. The molecule has 1 saturated heterocycles. The number of methoxy groups -OCH3 is 1. The van der Waals surface area contributed by atoms with Crippen molar-refractivity contribution >= 4 is 45.2 Å². The third kappa shape index (κ3) is 4.37. The van der Waals surface area contributed by atoms with Gasteiger partial charge in [0.15, 0.2) is 5.17 Å². The molecule has 0 aromatic heterocycles. The van der Waals surface area contributed by atoms with Crippen LogP contribution in [0.5, 0.6) is 0 Å². The van der Waals surface area contributed by atoms with Gasteiger partial charge in [-0.25, -0.2) is 0 Å². The third-order valence-electron chi connectivity index (χ3n) is 3.76. The van der Waals surface area contributed by atoms with E-state index in [4.69, 9.17) is 4.74 Å². The number of rotatable bonds is 6. The first-order valence-corrected chi connectivity index (χ1v) is 8.84. The van der Waals surface area contributed by atoms with Crippen molar-refractivity contribution in [1.29, 1.82) is 0 Å². The van der Waals surface area contributed by atoms with Crippen LogP contribution in [0, 0.1) is 0 Å². The molecule has 1 aliphatic heterocycles. The molecule has 0 bridgehead atoms. The second-order valence-corrected chi connectivity index (χ2v) is 6.75. The van der Waals surface area contributed by atoms with Gasteiger partial charge in [0.05, 0.1) is 13.2 Å². The maximum atomic E-state index is 12.4. The summed E-state index contributed by atoms with van der Waals surface area (Å²) in [5.41, 5.74) is 0.750. The molecule has 3 rings (SSSR count). The van der Waals surface area contributed by atoms with E-state index in [1.54, 1.807) is 7.11 Å². The van der Waals surface area contributed by atoms with E-state index in [-0.39, 0.29) is 18.2 Å². The zero-order valence-electron chi connectivity index (χ0n) is 13.8. The van der Waals surface area contributed by atoms with Gasteiger partial charge in [-0.15, -0.1) is 0 Å². The predicted octanol–water partition coefficient (Wildman–Crippen LogP) is 2.40. The van der Waals surface area contributed by atoms with Crippen LogP contribution in [0.3, 0.4) is 0 Å². The van der Waals surface area contributed by atoms with Gasteiger partial charge < -0.3 is 15.4 Å². The molecule has 1 aliphatic rings. The van der Waals surface area contributed by atoms with E-state index in [1.165, 1.54) is 11.8 Å².